The zero-order valence-electron chi connectivity index (χ0n) is 23.1. The number of nitrogens with zero attached hydrogens (tertiary/aromatic N) is 6. The number of anilines is 1. The molecule has 40 heavy (non-hydrogen) atoms. The van der Waals surface area contributed by atoms with Crippen molar-refractivity contribution in [2.45, 2.75) is 38.9 Å². The molecule has 0 aliphatic rings. The lowest BCUT2D eigenvalue weighted by Gasteiger charge is -2.15. The maximum Gasteiger partial charge on any atom is 0.275 e. The number of carbonyl (C=O) groups excluding carboxylic acids is 1. The number of nitrogens with one attached hydrogen (secondary N) is 1. The summed E-state index contributed by atoms with van der Waals surface area (Å²) in [6.07, 6.45) is 8.11. The van der Waals surface area contributed by atoms with E-state index in [0.717, 1.165) is 39.9 Å². The van der Waals surface area contributed by atoms with Crippen molar-refractivity contribution in [3.8, 4) is 22.4 Å². The SMILES string of the molecule is CCc1ccc(C(=NS(=O)C(C)(C)C)C(=O)Nc2ccc(-c3ncnn4cc(-c5cnn(C)c5)cc34)cc2)cc1. The molecule has 3 aromatic heterocycles. The van der Waals surface area contributed by atoms with Gasteiger partial charge in [0, 0.05) is 47.4 Å². The topological polar surface area (TPSA) is 107 Å². The van der Waals surface area contributed by atoms with Crippen LogP contribution in [0, 0.1) is 0 Å². The first kappa shape index (κ1) is 27.1. The Kier molecular flexibility index (Phi) is 7.44. The van der Waals surface area contributed by atoms with Gasteiger partial charge in [-0.2, -0.15) is 14.6 Å². The highest BCUT2D eigenvalue weighted by atomic mass is 32.2. The van der Waals surface area contributed by atoms with Crippen molar-refractivity contribution >= 4 is 33.8 Å². The number of hydrogen-bond acceptors (Lipinski definition) is 5. The van der Waals surface area contributed by atoms with Crippen molar-refractivity contribution in [2.75, 3.05) is 5.32 Å². The van der Waals surface area contributed by atoms with Crippen LogP contribution in [0.1, 0.15) is 38.8 Å². The first-order valence-electron chi connectivity index (χ1n) is 13.0. The van der Waals surface area contributed by atoms with Crippen molar-refractivity contribution in [2.24, 2.45) is 11.4 Å². The molecule has 1 N–H and O–H groups in total. The number of benzene rings is 2. The van der Waals surface area contributed by atoms with Crippen molar-refractivity contribution in [3.05, 3.63) is 90.6 Å². The molecular formula is C30H31N7O2S. The molecule has 9 nitrogen and oxygen atoms in total. The van der Waals surface area contributed by atoms with Crippen LogP contribution in [0.3, 0.4) is 0 Å². The third kappa shape index (κ3) is 5.76. The van der Waals surface area contributed by atoms with Gasteiger partial charge in [-0.05, 0) is 51.0 Å². The maximum absolute atomic E-state index is 13.4. The molecule has 1 amide bonds. The number of fused-ring (bicyclic) bond motifs is 1. The predicted molar refractivity (Wildman–Crippen MR) is 160 cm³/mol. The Morgan fingerprint density at radius 3 is 2.33 bits per heavy atom. The molecule has 0 spiro atoms. The molecule has 0 radical (unpaired) electrons. The standard InChI is InChI=1S/C30H31N7O2S/c1-6-20-7-9-22(10-8-20)28(35-40(39)30(2,3)4)29(38)34-25-13-11-21(12-14-25)27-26-15-23(18-37(26)33-19-31-27)24-16-32-36(5)17-24/h7-19H,6H2,1-5H3,(H,34,38). The number of rotatable bonds is 7. The summed E-state index contributed by atoms with van der Waals surface area (Å²) in [6, 6.07) is 17.1. The van der Waals surface area contributed by atoms with E-state index in [9.17, 15) is 9.00 Å². The molecule has 5 aromatic rings. The van der Waals surface area contributed by atoms with Crippen LogP contribution in [0.2, 0.25) is 0 Å². The molecule has 3 heterocycles. The minimum atomic E-state index is -1.60. The Bertz CT molecular complexity index is 1730. The molecule has 0 aliphatic heterocycles. The molecule has 2 aromatic carbocycles. The van der Waals surface area contributed by atoms with Crippen molar-refractivity contribution < 1.29 is 9.00 Å². The van der Waals surface area contributed by atoms with Crippen LogP contribution in [-0.4, -0.2) is 45.0 Å². The number of aryl methyl sites for hydroxylation is 2. The smallest absolute Gasteiger partial charge is 0.275 e. The maximum atomic E-state index is 13.4. The Balaban J connectivity index is 1.42. The van der Waals surface area contributed by atoms with Crippen molar-refractivity contribution in [3.63, 3.8) is 0 Å². The van der Waals surface area contributed by atoms with E-state index >= 15 is 0 Å². The molecule has 0 bridgehead atoms. The fourth-order valence-corrected chi connectivity index (χ4v) is 4.75. The van der Waals surface area contributed by atoms with Crippen LogP contribution in [0.4, 0.5) is 5.69 Å². The number of carbonyl (C=O) groups is 1. The van der Waals surface area contributed by atoms with Crippen LogP contribution in [-0.2, 0) is 29.2 Å². The summed E-state index contributed by atoms with van der Waals surface area (Å²) in [6.45, 7) is 7.55. The highest BCUT2D eigenvalue weighted by Gasteiger charge is 2.23. The van der Waals surface area contributed by atoms with Gasteiger partial charge < -0.3 is 5.32 Å². The molecule has 1 atom stereocenters. The molecule has 10 heteroatoms. The van der Waals surface area contributed by atoms with Crippen LogP contribution in [0.5, 0.6) is 0 Å². The van der Waals surface area contributed by atoms with E-state index in [4.69, 9.17) is 0 Å². The van der Waals surface area contributed by atoms with Gasteiger partial charge in [0.15, 0.2) is 0 Å². The summed E-state index contributed by atoms with van der Waals surface area (Å²) < 4.78 is 20.2. The molecule has 5 rings (SSSR count). The van der Waals surface area contributed by atoms with E-state index in [1.165, 1.54) is 6.33 Å². The second kappa shape index (κ2) is 11.0. The first-order valence-corrected chi connectivity index (χ1v) is 14.1. The normalized spacial score (nSPS) is 13.0. The minimum absolute atomic E-state index is 0.133. The Hall–Kier alpha value is -4.44. The summed E-state index contributed by atoms with van der Waals surface area (Å²) in [5, 5.41) is 11.5. The number of hydrogen-bond donors (Lipinski definition) is 1. The van der Waals surface area contributed by atoms with Gasteiger partial charge in [0.25, 0.3) is 5.91 Å². The molecule has 0 saturated heterocycles. The zero-order chi connectivity index (χ0) is 28.4. The summed E-state index contributed by atoms with van der Waals surface area (Å²) in [5.74, 6) is -0.424. The second-order valence-corrected chi connectivity index (χ2v) is 12.4. The third-order valence-electron chi connectivity index (χ3n) is 6.41. The lowest BCUT2D eigenvalue weighted by Crippen LogP contribution is -2.27. The number of amides is 1. The summed E-state index contributed by atoms with van der Waals surface area (Å²) in [5.41, 5.74) is 6.96. The number of aromatic nitrogens is 5. The summed E-state index contributed by atoms with van der Waals surface area (Å²) >= 11 is 0. The van der Waals surface area contributed by atoms with Gasteiger partial charge in [-0.15, -0.1) is 0 Å². The van der Waals surface area contributed by atoms with Gasteiger partial charge in [-0.1, -0.05) is 43.3 Å². The fourth-order valence-electron chi connectivity index (χ4n) is 4.13. The zero-order valence-corrected chi connectivity index (χ0v) is 23.9. The molecule has 0 fully saturated rings. The predicted octanol–water partition coefficient (Wildman–Crippen LogP) is 5.25. The lowest BCUT2D eigenvalue weighted by atomic mass is 10.1. The molecular weight excluding hydrogens is 522 g/mol. The molecule has 0 saturated carbocycles. The van der Waals surface area contributed by atoms with E-state index in [0.29, 0.717) is 11.3 Å². The van der Waals surface area contributed by atoms with Crippen LogP contribution >= 0.6 is 0 Å². The van der Waals surface area contributed by atoms with E-state index in [1.807, 2.05) is 101 Å². The van der Waals surface area contributed by atoms with Crippen LogP contribution in [0.15, 0.2) is 83.9 Å². The van der Waals surface area contributed by atoms with E-state index < -0.39 is 21.6 Å². The second-order valence-electron chi connectivity index (χ2n) is 10.5. The first-order chi connectivity index (χ1) is 19.1. The van der Waals surface area contributed by atoms with E-state index in [2.05, 4.69) is 31.8 Å². The van der Waals surface area contributed by atoms with Gasteiger partial charge in [-0.3, -0.25) is 9.48 Å². The molecule has 0 aliphatic carbocycles. The Labute approximate surface area is 235 Å². The fraction of sp³-hybridized carbons (Fsp3) is 0.233. The summed E-state index contributed by atoms with van der Waals surface area (Å²) in [7, 11) is 0.280. The van der Waals surface area contributed by atoms with Crippen LogP contribution < -0.4 is 5.32 Å². The quantitative estimate of drug-likeness (QED) is 0.277. The average Bonchev–Trinajstić information content (AvgIpc) is 3.57. The van der Waals surface area contributed by atoms with Crippen molar-refractivity contribution in [1.82, 2.24) is 24.4 Å². The highest BCUT2D eigenvalue weighted by Crippen LogP contribution is 2.28. The Morgan fingerprint density at radius 1 is 0.975 bits per heavy atom. The van der Waals surface area contributed by atoms with Crippen LogP contribution in [0.25, 0.3) is 27.9 Å². The average molecular weight is 554 g/mol. The van der Waals surface area contributed by atoms with Crippen molar-refractivity contribution in [1.29, 1.82) is 0 Å². The lowest BCUT2D eigenvalue weighted by molar-refractivity contribution is -0.110. The van der Waals surface area contributed by atoms with Gasteiger partial charge in [0.1, 0.15) is 23.0 Å². The van der Waals surface area contributed by atoms with Gasteiger partial charge >= 0.3 is 0 Å². The van der Waals surface area contributed by atoms with Gasteiger partial charge in [-0.25, -0.2) is 13.7 Å². The van der Waals surface area contributed by atoms with E-state index in [-0.39, 0.29) is 5.71 Å². The monoisotopic (exact) mass is 553 g/mol. The Morgan fingerprint density at radius 2 is 1.70 bits per heavy atom. The highest BCUT2D eigenvalue weighted by molar-refractivity contribution is 7.85. The summed E-state index contributed by atoms with van der Waals surface area (Å²) in [4.78, 5) is 17.9. The largest absolute Gasteiger partial charge is 0.321 e. The molecule has 1 unspecified atom stereocenters. The van der Waals surface area contributed by atoms with E-state index in [1.54, 1.807) is 9.20 Å². The molecule has 204 valence electrons. The third-order valence-corrected chi connectivity index (χ3v) is 7.81. The van der Waals surface area contributed by atoms with Gasteiger partial charge in [0.2, 0.25) is 0 Å². The minimum Gasteiger partial charge on any atom is -0.321 e. The van der Waals surface area contributed by atoms with Gasteiger partial charge in [0.05, 0.1) is 22.2 Å².